The number of benzene rings is 1. The van der Waals surface area contributed by atoms with Gasteiger partial charge in [0.15, 0.2) is 0 Å². The summed E-state index contributed by atoms with van der Waals surface area (Å²) in [4.78, 5) is 22.5. The molecule has 2 aromatic heterocycles. The molecule has 2 heterocycles. The molecule has 3 aromatic rings. The van der Waals surface area contributed by atoms with Crippen LogP contribution in [0.25, 0.3) is 5.65 Å². The molecule has 0 fully saturated rings. The fourth-order valence-corrected chi connectivity index (χ4v) is 3.28. The zero-order valence-corrected chi connectivity index (χ0v) is 17.9. The van der Waals surface area contributed by atoms with Crippen LogP contribution in [-0.2, 0) is 4.84 Å². The van der Waals surface area contributed by atoms with E-state index in [4.69, 9.17) is 16.4 Å². The van der Waals surface area contributed by atoms with Crippen LogP contribution in [0, 0.1) is 6.92 Å². The molecule has 148 valence electrons. The number of halogens is 2. The van der Waals surface area contributed by atoms with Gasteiger partial charge in [0, 0.05) is 28.6 Å². The van der Waals surface area contributed by atoms with Crippen molar-refractivity contribution in [2.75, 3.05) is 11.9 Å². The lowest BCUT2D eigenvalue weighted by molar-refractivity contribution is -0.0956. The Morgan fingerprint density at radius 3 is 2.86 bits per heavy atom. The minimum absolute atomic E-state index is 0.244. The van der Waals surface area contributed by atoms with E-state index in [0.717, 1.165) is 10.0 Å². The van der Waals surface area contributed by atoms with E-state index >= 15 is 0 Å². The number of aromatic nitrogens is 2. The van der Waals surface area contributed by atoms with Crippen molar-refractivity contribution in [3.05, 3.63) is 57.4 Å². The molecule has 0 unspecified atom stereocenters. The smallest absolute Gasteiger partial charge is 0.278 e. The Kier molecular flexibility index (Phi) is 5.95. The average Bonchev–Trinajstić information content (AvgIpc) is 3.12. The number of aliphatic hydroxyl groups is 1. The lowest BCUT2D eigenvalue weighted by Gasteiger charge is -2.23. The van der Waals surface area contributed by atoms with Gasteiger partial charge in [-0.05, 0) is 39.0 Å². The Morgan fingerprint density at radius 1 is 1.43 bits per heavy atom. The largest absolute Gasteiger partial charge is 0.393 e. The summed E-state index contributed by atoms with van der Waals surface area (Å²) in [5.41, 5.74) is 4.54. The zero-order valence-electron chi connectivity index (χ0n) is 15.6. The number of rotatable bonds is 6. The highest BCUT2D eigenvalue weighted by atomic mass is 79.9. The van der Waals surface area contributed by atoms with Crippen molar-refractivity contribution in [1.29, 1.82) is 0 Å². The monoisotopic (exact) mass is 466 g/mol. The molecule has 0 radical (unpaired) electrons. The van der Waals surface area contributed by atoms with Gasteiger partial charge in [-0.15, -0.1) is 0 Å². The number of hydroxylamine groups is 1. The van der Waals surface area contributed by atoms with Crippen LogP contribution in [0.1, 0.15) is 29.8 Å². The first-order valence-electron chi connectivity index (χ1n) is 8.49. The third-order valence-corrected chi connectivity index (χ3v) is 4.96. The van der Waals surface area contributed by atoms with Crippen molar-refractivity contribution in [3.63, 3.8) is 0 Å². The number of hydrogen-bond acceptors (Lipinski definition) is 5. The van der Waals surface area contributed by atoms with E-state index < -0.39 is 11.5 Å². The maximum absolute atomic E-state index is 12.8. The van der Waals surface area contributed by atoms with Crippen molar-refractivity contribution in [1.82, 2.24) is 14.9 Å². The van der Waals surface area contributed by atoms with Gasteiger partial charge in [0.25, 0.3) is 5.91 Å². The van der Waals surface area contributed by atoms with Crippen molar-refractivity contribution < 1.29 is 14.7 Å². The first-order valence-corrected chi connectivity index (χ1v) is 9.66. The van der Waals surface area contributed by atoms with Crippen LogP contribution in [-0.4, -0.2) is 32.6 Å². The second kappa shape index (κ2) is 8.08. The lowest BCUT2D eigenvalue weighted by atomic mass is 10.1. The molecule has 0 bridgehead atoms. The Balaban J connectivity index is 2.03. The van der Waals surface area contributed by atoms with Gasteiger partial charge in [-0.1, -0.05) is 27.5 Å². The van der Waals surface area contributed by atoms with Crippen LogP contribution < -0.4 is 10.8 Å². The number of pyridine rings is 1. The van der Waals surface area contributed by atoms with Crippen LogP contribution in [0.5, 0.6) is 0 Å². The SMILES string of the molecule is Cc1c(Nc2ccc(Br)cc2Cl)c(C(=O)NOC(C)(C)CO)cn2ccnc12. The van der Waals surface area contributed by atoms with Crippen molar-refractivity contribution >= 4 is 50.5 Å². The van der Waals surface area contributed by atoms with E-state index in [1.165, 1.54) is 0 Å². The number of nitrogens with zero attached hydrogens (tertiary/aromatic N) is 2. The van der Waals surface area contributed by atoms with E-state index in [1.807, 2.05) is 19.1 Å². The van der Waals surface area contributed by atoms with Gasteiger partial charge < -0.3 is 14.8 Å². The van der Waals surface area contributed by atoms with Gasteiger partial charge in [0.05, 0.1) is 28.6 Å². The molecule has 0 aliphatic carbocycles. The minimum Gasteiger partial charge on any atom is -0.393 e. The van der Waals surface area contributed by atoms with Crippen LogP contribution in [0.15, 0.2) is 41.3 Å². The van der Waals surface area contributed by atoms with Gasteiger partial charge in [-0.25, -0.2) is 10.5 Å². The summed E-state index contributed by atoms with van der Waals surface area (Å²) in [6, 6.07) is 5.43. The standard InChI is InChI=1S/C19H20BrClN4O3/c1-11-16(23-15-5-4-12(20)8-14(15)21)13(9-25-7-6-22-17(11)25)18(27)24-28-19(2,3)10-26/h4-9,23,26H,10H2,1-3H3,(H,24,27). The Bertz CT molecular complexity index is 1040. The van der Waals surface area contributed by atoms with Crippen LogP contribution in [0.4, 0.5) is 11.4 Å². The van der Waals surface area contributed by atoms with Gasteiger partial charge in [0.2, 0.25) is 0 Å². The lowest BCUT2D eigenvalue weighted by Crippen LogP contribution is -2.38. The maximum Gasteiger partial charge on any atom is 0.278 e. The summed E-state index contributed by atoms with van der Waals surface area (Å²) in [5.74, 6) is -0.462. The highest BCUT2D eigenvalue weighted by molar-refractivity contribution is 9.10. The normalized spacial score (nSPS) is 11.6. The third kappa shape index (κ3) is 4.30. The topological polar surface area (TPSA) is 87.9 Å². The number of hydrogen-bond donors (Lipinski definition) is 3. The summed E-state index contributed by atoms with van der Waals surface area (Å²) in [5, 5.41) is 13.1. The molecule has 0 atom stereocenters. The van der Waals surface area contributed by atoms with Gasteiger partial charge >= 0.3 is 0 Å². The molecule has 0 saturated carbocycles. The molecule has 1 aromatic carbocycles. The fourth-order valence-electron chi connectivity index (χ4n) is 2.56. The van der Waals surface area contributed by atoms with Crippen molar-refractivity contribution in [2.24, 2.45) is 0 Å². The number of carbonyl (C=O) groups is 1. The molecular formula is C19H20BrClN4O3. The molecule has 7 nitrogen and oxygen atoms in total. The summed E-state index contributed by atoms with van der Waals surface area (Å²) in [7, 11) is 0. The van der Waals surface area contributed by atoms with Crippen LogP contribution >= 0.6 is 27.5 Å². The molecule has 3 N–H and O–H groups in total. The Hall–Kier alpha value is -2.13. The number of carbonyl (C=O) groups excluding carboxylic acids is 1. The third-order valence-electron chi connectivity index (χ3n) is 4.15. The molecule has 1 amide bonds. The summed E-state index contributed by atoms with van der Waals surface area (Å²) in [6.07, 6.45) is 5.08. The molecule has 0 aliphatic heterocycles. The van der Waals surface area contributed by atoms with Gasteiger partial charge in [-0.2, -0.15) is 0 Å². The summed E-state index contributed by atoms with van der Waals surface area (Å²) >= 11 is 9.71. The molecule has 0 spiro atoms. The molecule has 0 aliphatic rings. The summed E-state index contributed by atoms with van der Waals surface area (Å²) in [6.45, 7) is 4.95. The predicted octanol–water partition coefficient (Wildman–Crippen LogP) is 4.23. The highest BCUT2D eigenvalue weighted by Crippen LogP contribution is 2.32. The van der Waals surface area contributed by atoms with E-state index in [-0.39, 0.29) is 6.61 Å². The summed E-state index contributed by atoms with van der Waals surface area (Å²) < 4.78 is 2.61. The molecule has 0 saturated heterocycles. The van der Waals surface area contributed by atoms with E-state index in [0.29, 0.717) is 27.6 Å². The molecular weight excluding hydrogens is 448 g/mol. The molecule has 3 rings (SSSR count). The number of aryl methyl sites for hydroxylation is 1. The number of nitrogens with one attached hydrogen (secondary N) is 2. The van der Waals surface area contributed by atoms with E-state index in [2.05, 4.69) is 31.7 Å². The average molecular weight is 468 g/mol. The number of fused-ring (bicyclic) bond motifs is 1. The molecule has 28 heavy (non-hydrogen) atoms. The number of aliphatic hydroxyl groups excluding tert-OH is 1. The van der Waals surface area contributed by atoms with Crippen LogP contribution in [0.3, 0.4) is 0 Å². The van der Waals surface area contributed by atoms with E-state index in [1.54, 1.807) is 42.9 Å². The first-order chi connectivity index (χ1) is 13.2. The molecule has 9 heteroatoms. The minimum atomic E-state index is -0.910. The predicted molar refractivity (Wildman–Crippen MR) is 112 cm³/mol. The fraction of sp³-hybridized carbons (Fsp3) is 0.263. The number of imidazole rings is 1. The van der Waals surface area contributed by atoms with E-state index in [9.17, 15) is 9.90 Å². The number of amides is 1. The van der Waals surface area contributed by atoms with Crippen LogP contribution in [0.2, 0.25) is 5.02 Å². The van der Waals surface area contributed by atoms with Crippen molar-refractivity contribution in [2.45, 2.75) is 26.4 Å². The Morgan fingerprint density at radius 2 is 2.18 bits per heavy atom. The quantitative estimate of drug-likeness (QED) is 0.472. The first kappa shape index (κ1) is 20.6. The maximum atomic E-state index is 12.8. The Labute approximate surface area is 175 Å². The van der Waals surface area contributed by atoms with Crippen molar-refractivity contribution in [3.8, 4) is 0 Å². The zero-order chi connectivity index (χ0) is 20.5. The second-order valence-electron chi connectivity index (χ2n) is 6.90. The second-order valence-corrected chi connectivity index (χ2v) is 8.22. The van der Waals surface area contributed by atoms with Gasteiger partial charge in [0.1, 0.15) is 11.2 Å². The highest BCUT2D eigenvalue weighted by Gasteiger charge is 2.23. The number of anilines is 2. The van der Waals surface area contributed by atoms with Gasteiger partial charge in [-0.3, -0.25) is 9.63 Å².